The highest BCUT2D eigenvalue weighted by Gasteiger charge is 2.71. The Balaban J connectivity index is 1.43. The maximum absolute atomic E-state index is 10.9. The van der Waals surface area contributed by atoms with Gasteiger partial charge in [-0.05, 0) is 40.7 Å². The third-order valence-electron chi connectivity index (χ3n) is 8.15. The molecule has 2 fully saturated rings. The van der Waals surface area contributed by atoms with Crippen molar-refractivity contribution in [2.75, 3.05) is 7.11 Å². The summed E-state index contributed by atoms with van der Waals surface area (Å²) >= 11 is 0. The van der Waals surface area contributed by atoms with E-state index < -0.39 is 11.7 Å². The molecule has 5 nitrogen and oxygen atoms in total. The minimum atomic E-state index is -0.584. The van der Waals surface area contributed by atoms with Gasteiger partial charge in [0.1, 0.15) is 17.5 Å². The molecule has 2 aromatic rings. The van der Waals surface area contributed by atoms with Gasteiger partial charge in [0.25, 0.3) is 0 Å². The average molecular weight is 477 g/mol. The monoisotopic (exact) mass is 476 g/mol. The summed E-state index contributed by atoms with van der Waals surface area (Å²) in [5.74, 6) is 0.940. The van der Waals surface area contributed by atoms with Gasteiger partial charge in [0.2, 0.25) is 0 Å². The SMILES string of the molecule is C=CC1=C[C@H](O)CC2C(C)(C)[C@H]3O[C@@]2(C[C@@H]3OCc2ccccc2)[C@@H]1OCc1ccc(OC)cc1. The second kappa shape index (κ2) is 9.55. The van der Waals surface area contributed by atoms with Crippen molar-refractivity contribution in [1.29, 1.82) is 0 Å². The largest absolute Gasteiger partial charge is 0.497 e. The first kappa shape index (κ1) is 24.3. The molecule has 0 amide bonds. The van der Waals surface area contributed by atoms with Crippen LogP contribution in [0.25, 0.3) is 0 Å². The van der Waals surface area contributed by atoms with Gasteiger partial charge in [-0.2, -0.15) is 0 Å². The minimum Gasteiger partial charge on any atom is -0.497 e. The number of hydrogen-bond acceptors (Lipinski definition) is 5. The number of benzene rings is 2. The lowest BCUT2D eigenvalue weighted by molar-refractivity contribution is -0.117. The zero-order valence-electron chi connectivity index (χ0n) is 20.9. The molecule has 2 heterocycles. The van der Waals surface area contributed by atoms with E-state index in [0.29, 0.717) is 19.6 Å². The van der Waals surface area contributed by atoms with Crippen LogP contribution in [0.5, 0.6) is 5.75 Å². The van der Waals surface area contributed by atoms with Gasteiger partial charge in [0, 0.05) is 12.3 Å². The molecule has 2 aromatic carbocycles. The zero-order chi connectivity index (χ0) is 24.6. The molecule has 0 aromatic heterocycles. The number of aliphatic hydroxyl groups is 1. The van der Waals surface area contributed by atoms with Crippen molar-refractivity contribution in [3.63, 3.8) is 0 Å². The predicted molar refractivity (Wildman–Crippen MR) is 135 cm³/mol. The predicted octanol–water partition coefficient (Wildman–Crippen LogP) is 5.23. The number of methoxy groups -OCH3 is 1. The van der Waals surface area contributed by atoms with Crippen LogP contribution in [0.3, 0.4) is 0 Å². The van der Waals surface area contributed by atoms with E-state index >= 15 is 0 Å². The molecule has 0 saturated carbocycles. The van der Waals surface area contributed by atoms with Crippen molar-refractivity contribution in [2.24, 2.45) is 11.3 Å². The van der Waals surface area contributed by atoms with Gasteiger partial charge in [0.15, 0.2) is 0 Å². The summed E-state index contributed by atoms with van der Waals surface area (Å²) in [4.78, 5) is 0. The summed E-state index contributed by atoms with van der Waals surface area (Å²) < 4.78 is 25.3. The molecule has 1 N–H and O–H groups in total. The van der Waals surface area contributed by atoms with E-state index in [1.165, 1.54) is 0 Å². The first-order valence-electron chi connectivity index (χ1n) is 12.5. The lowest BCUT2D eigenvalue weighted by Crippen LogP contribution is -2.54. The Bertz CT molecular complexity index is 1060. The summed E-state index contributed by atoms with van der Waals surface area (Å²) in [5.41, 5.74) is 2.33. The van der Waals surface area contributed by atoms with Gasteiger partial charge in [-0.3, -0.25) is 0 Å². The molecule has 1 aliphatic carbocycles. The van der Waals surface area contributed by atoms with Crippen molar-refractivity contribution < 1.29 is 24.1 Å². The molecule has 2 bridgehead atoms. The summed E-state index contributed by atoms with van der Waals surface area (Å²) in [6.45, 7) is 9.51. The fourth-order valence-electron chi connectivity index (χ4n) is 6.46. The molecule has 2 aliphatic heterocycles. The Morgan fingerprint density at radius 3 is 2.40 bits per heavy atom. The van der Waals surface area contributed by atoms with Gasteiger partial charge in [-0.15, -0.1) is 0 Å². The number of fused-ring (bicyclic) bond motifs is 1. The lowest BCUT2D eigenvalue weighted by atomic mass is 9.59. The van der Waals surface area contributed by atoms with Crippen LogP contribution in [0.15, 0.2) is 78.9 Å². The first-order chi connectivity index (χ1) is 16.9. The second-order valence-electron chi connectivity index (χ2n) is 10.6. The number of hydrogen-bond donors (Lipinski definition) is 1. The summed E-state index contributed by atoms with van der Waals surface area (Å²) in [6.07, 6.45) is 4.03. The van der Waals surface area contributed by atoms with Gasteiger partial charge >= 0.3 is 0 Å². The molecular weight excluding hydrogens is 440 g/mol. The number of rotatable bonds is 8. The molecule has 1 spiro atoms. The molecule has 2 saturated heterocycles. The van der Waals surface area contributed by atoms with E-state index in [4.69, 9.17) is 18.9 Å². The van der Waals surface area contributed by atoms with E-state index in [1.807, 2.05) is 48.5 Å². The third kappa shape index (κ3) is 4.36. The van der Waals surface area contributed by atoms with Gasteiger partial charge in [0.05, 0.1) is 38.6 Å². The molecule has 35 heavy (non-hydrogen) atoms. The molecular formula is C30H36O5. The molecule has 6 atom stereocenters. The summed E-state index contributed by atoms with van der Waals surface area (Å²) in [7, 11) is 1.66. The topological polar surface area (TPSA) is 57.2 Å². The van der Waals surface area contributed by atoms with Crippen LogP contribution < -0.4 is 4.74 Å². The molecule has 1 unspecified atom stereocenters. The van der Waals surface area contributed by atoms with E-state index in [0.717, 1.165) is 28.9 Å². The summed E-state index contributed by atoms with van der Waals surface area (Å²) in [6, 6.07) is 18.2. The van der Waals surface area contributed by atoms with E-state index in [1.54, 1.807) is 13.2 Å². The van der Waals surface area contributed by atoms with Gasteiger partial charge in [-0.1, -0.05) is 75.0 Å². The van der Waals surface area contributed by atoms with E-state index in [9.17, 15) is 5.11 Å². The van der Waals surface area contributed by atoms with Crippen LogP contribution in [0.2, 0.25) is 0 Å². The fourth-order valence-corrected chi connectivity index (χ4v) is 6.46. The highest BCUT2D eigenvalue weighted by Crippen LogP contribution is 2.63. The van der Waals surface area contributed by atoms with Crippen molar-refractivity contribution in [2.45, 2.75) is 69.9 Å². The zero-order valence-corrected chi connectivity index (χ0v) is 20.9. The van der Waals surface area contributed by atoms with Crippen LogP contribution in [-0.4, -0.2) is 42.2 Å². The van der Waals surface area contributed by atoms with Crippen molar-refractivity contribution in [1.82, 2.24) is 0 Å². The quantitative estimate of drug-likeness (QED) is 0.566. The third-order valence-corrected chi connectivity index (χ3v) is 8.15. The van der Waals surface area contributed by atoms with Gasteiger partial charge in [-0.25, -0.2) is 0 Å². The standard InChI is InChI=1S/C30H36O5/c1-5-22-15-23(31)16-26-29(2,3)28-25(33-18-20-9-7-6-8-10-20)17-30(26,35-28)27(22)34-19-21-11-13-24(32-4)14-12-21/h5-15,23,25-28,31H,1,16-19H2,2-4H3/t23-,25-,26?,27+,28-,30+/m0/s1. The van der Waals surface area contributed by atoms with Crippen LogP contribution in [0.1, 0.15) is 37.8 Å². The first-order valence-corrected chi connectivity index (χ1v) is 12.5. The van der Waals surface area contributed by atoms with Gasteiger partial charge < -0.3 is 24.1 Å². The second-order valence-corrected chi connectivity index (χ2v) is 10.6. The Kier molecular flexibility index (Phi) is 6.62. The minimum absolute atomic E-state index is 0.0464. The highest BCUT2D eigenvalue weighted by molar-refractivity contribution is 5.34. The maximum atomic E-state index is 10.9. The maximum Gasteiger partial charge on any atom is 0.118 e. The van der Waals surface area contributed by atoms with Crippen LogP contribution in [0, 0.1) is 11.3 Å². The number of ether oxygens (including phenoxy) is 4. The van der Waals surface area contributed by atoms with Crippen LogP contribution in [0.4, 0.5) is 0 Å². The van der Waals surface area contributed by atoms with Crippen molar-refractivity contribution in [3.8, 4) is 5.75 Å². The van der Waals surface area contributed by atoms with Crippen molar-refractivity contribution in [3.05, 3.63) is 90.0 Å². The Morgan fingerprint density at radius 2 is 1.71 bits per heavy atom. The Morgan fingerprint density at radius 1 is 1.03 bits per heavy atom. The van der Waals surface area contributed by atoms with Crippen LogP contribution in [-0.2, 0) is 27.4 Å². The van der Waals surface area contributed by atoms with Crippen LogP contribution >= 0.6 is 0 Å². The Hall–Kier alpha value is -2.44. The van der Waals surface area contributed by atoms with Crippen molar-refractivity contribution >= 4 is 0 Å². The molecule has 0 radical (unpaired) electrons. The molecule has 186 valence electrons. The highest BCUT2D eigenvalue weighted by atomic mass is 16.6. The molecule has 5 heteroatoms. The Labute approximate surface area is 208 Å². The molecule has 3 aliphatic rings. The fraction of sp³-hybridized carbons (Fsp3) is 0.467. The summed E-state index contributed by atoms with van der Waals surface area (Å²) in [5, 5.41) is 10.9. The number of aliphatic hydroxyl groups excluding tert-OH is 1. The normalized spacial score (nSPS) is 33.0. The average Bonchev–Trinajstić information content (AvgIpc) is 3.31. The van der Waals surface area contributed by atoms with E-state index in [-0.39, 0.29) is 29.6 Å². The smallest absolute Gasteiger partial charge is 0.118 e. The molecule has 5 rings (SSSR count). The lowest BCUT2D eigenvalue weighted by Gasteiger charge is -2.46. The van der Waals surface area contributed by atoms with E-state index in [2.05, 4.69) is 32.6 Å².